The highest BCUT2D eigenvalue weighted by Crippen LogP contribution is 2.44. The van der Waals surface area contributed by atoms with Gasteiger partial charge in [0.05, 0.1) is 5.92 Å². The Labute approximate surface area is 205 Å². The molecule has 0 aromatic heterocycles. The van der Waals surface area contributed by atoms with Crippen LogP contribution in [0.3, 0.4) is 0 Å². The van der Waals surface area contributed by atoms with Crippen molar-refractivity contribution in [1.29, 1.82) is 0 Å². The molecule has 7 heteroatoms. The van der Waals surface area contributed by atoms with Crippen molar-refractivity contribution in [1.82, 2.24) is 10.6 Å². The standard InChI is InChI=1S/C28H32N2O5/c1-17(2)25(15-26(31)29-19-9-7-8-18(14-19)27(32)33)30-28(34)35-16-24-22-12-5-3-10-20(22)21-11-4-6-13-23(21)24/h3-7,9-13,17-19,24-25H,8,14-16H2,1-2H3,(H,29,31)(H,30,34)(H,32,33)/t18-,19-,25-/m0/s1. The molecular weight excluding hydrogens is 444 g/mol. The molecule has 2 amide bonds. The van der Waals surface area contributed by atoms with E-state index in [0.29, 0.717) is 12.8 Å². The Bertz CT molecular complexity index is 1080. The fraction of sp³-hybridized carbons (Fsp3) is 0.393. The van der Waals surface area contributed by atoms with Crippen molar-refractivity contribution in [3.8, 4) is 11.1 Å². The van der Waals surface area contributed by atoms with E-state index in [-0.39, 0.29) is 36.8 Å². The third-order valence-electron chi connectivity index (χ3n) is 6.88. The van der Waals surface area contributed by atoms with Gasteiger partial charge in [0.15, 0.2) is 0 Å². The van der Waals surface area contributed by atoms with Crippen LogP contribution in [0.5, 0.6) is 0 Å². The van der Waals surface area contributed by atoms with Crippen LogP contribution in [0.1, 0.15) is 50.2 Å². The first-order valence-electron chi connectivity index (χ1n) is 12.1. The summed E-state index contributed by atoms with van der Waals surface area (Å²) >= 11 is 0. The number of carbonyl (C=O) groups is 3. The van der Waals surface area contributed by atoms with Gasteiger partial charge in [-0.2, -0.15) is 0 Å². The van der Waals surface area contributed by atoms with Crippen molar-refractivity contribution in [2.75, 3.05) is 6.61 Å². The number of hydrogen-bond donors (Lipinski definition) is 3. The molecule has 2 aromatic carbocycles. The summed E-state index contributed by atoms with van der Waals surface area (Å²) in [7, 11) is 0. The van der Waals surface area contributed by atoms with Gasteiger partial charge in [-0.15, -0.1) is 0 Å². The number of hydrogen-bond acceptors (Lipinski definition) is 4. The van der Waals surface area contributed by atoms with Gasteiger partial charge in [-0.1, -0.05) is 74.5 Å². The molecule has 2 aromatic rings. The highest BCUT2D eigenvalue weighted by Gasteiger charge is 2.30. The Morgan fingerprint density at radius 3 is 2.26 bits per heavy atom. The maximum absolute atomic E-state index is 12.7. The molecule has 7 nitrogen and oxygen atoms in total. The van der Waals surface area contributed by atoms with Gasteiger partial charge in [0.25, 0.3) is 0 Å². The molecule has 35 heavy (non-hydrogen) atoms. The molecule has 0 saturated heterocycles. The minimum absolute atomic E-state index is 0.00917. The Morgan fingerprint density at radius 2 is 1.66 bits per heavy atom. The van der Waals surface area contributed by atoms with E-state index in [2.05, 4.69) is 34.9 Å². The number of nitrogens with one attached hydrogen (secondary N) is 2. The van der Waals surface area contributed by atoms with Crippen LogP contribution >= 0.6 is 0 Å². The number of carboxylic acids is 1. The number of carbonyl (C=O) groups excluding carboxylic acids is 2. The predicted octanol–water partition coefficient (Wildman–Crippen LogP) is 4.48. The molecule has 0 fully saturated rings. The molecule has 0 bridgehead atoms. The summed E-state index contributed by atoms with van der Waals surface area (Å²) in [5.41, 5.74) is 4.61. The van der Waals surface area contributed by atoms with Crippen molar-refractivity contribution < 1.29 is 24.2 Å². The Hall–Kier alpha value is -3.61. The fourth-order valence-corrected chi connectivity index (χ4v) is 4.91. The molecule has 0 radical (unpaired) electrons. The largest absolute Gasteiger partial charge is 0.481 e. The van der Waals surface area contributed by atoms with Gasteiger partial charge in [-0.3, -0.25) is 9.59 Å². The number of alkyl carbamates (subject to hydrolysis) is 1. The second-order valence-corrected chi connectivity index (χ2v) is 9.63. The maximum Gasteiger partial charge on any atom is 0.407 e. The van der Waals surface area contributed by atoms with Gasteiger partial charge in [0.2, 0.25) is 5.91 Å². The van der Waals surface area contributed by atoms with Crippen molar-refractivity contribution in [2.45, 2.75) is 51.1 Å². The van der Waals surface area contributed by atoms with E-state index >= 15 is 0 Å². The van der Waals surface area contributed by atoms with E-state index in [1.54, 1.807) is 6.08 Å². The molecule has 3 N–H and O–H groups in total. The van der Waals surface area contributed by atoms with Crippen LogP contribution < -0.4 is 10.6 Å². The first-order chi connectivity index (χ1) is 16.8. The fourth-order valence-electron chi connectivity index (χ4n) is 4.91. The van der Waals surface area contributed by atoms with Gasteiger partial charge in [-0.25, -0.2) is 4.79 Å². The molecule has 0 saturated carbocycles. The molecule has 0 unspecified atom stereocenters. The van der Waals surface area contributed by atoms with Gasteiger partial charge in [-0.05, 0) is 41.0 Å². The highest BCUT2D eigenvalue weighted by atomic mass is 16.5. The maximum atomic E-state index is 12.7. The summed E-state index contributed by atoms with van der Waals surface area (Å²) in [6.45, 7) is 4.08. The summed E-state index contributed by atoms with van der Waals surface area (Å²) in [6.07, 6.45) is 4.00. The van der Waals surface area contributed by atoms with E-state index in [0.717, 1.165) is 22.3 Å². The van der Waals surface area contributed by atoms with E-state index in [4.69, 9.17) is 4.74 Å². The highest BCUT2D eigenvalue weighted by molar-refractivity contribution is 5.80. The molecule has 3 atom stereocenters. The minimum Gasteiger partial charge on any atom is -0.481 e. The lowest BCUT2D eigenvalue weighted by Crippen LogP contribution is -2.45. The van der Waals surface area contributed by atoms with E-state index in [1.807, 2.05) is 44.2 Å². The summed E-state index contributed by atoms with van der Waals surface area (Å²) in [6, 6.07) is 15.6. The zero-order chi connectivity index (χ0) is 24.9. The molecule has 0 heterocycles. The summed E-state index contributed by atoms with van der Waals surface area (Å²) in [4.78, 5) is 36.6. The molecule has 0 aliphatic heterocycles. The first-order valence-corrected chi connectivity index (χ1v) is 12.1. The van der Waals surface area contributed by atoms with E-state index in [9.17, 15) is 19.5 Å². The van der Waals surface area contributed by atoms with E-state index < -0.39 is 24.0 Å². The number of amides is 2. The molecule has 2 aliphatic rings. The molecule has 184 valence electrons. The van der Waals surface area contributed by atoms with Gasteiger partial charge in [0.1, 0.15) is 6.61 Å². The normalized spacial score (nSPS) is 19.5. The number of benzene rings is 2. The van der Waals surface area contributed by atoms with Crippen molar-refractivity contribution in [2.24, 2.45) is 11.8 Å². The first kappa shape index (κ1) is 24.5. The number of ether oxygens (including phenoxy) is 1. The average Bonchev–Trinajstić information content (AvgIpc) is 3.16. The Balaban J connectivity index is 1.33. The van der Waals surface area contributed by atoms with Crippen molar-refractivity contribution in [3.63, 3.8) is 0 Å². The lowest BCUT2D eigenvalue weighted by molar-refractivity contribution is -0.142. The number of fused-ring (bicyclic) bond motifs is 3. The monoisotopic (exact) mass is 476 g/mol. The summed E-state index contributed by atoms with van der Waals surface area (Å²) in [5.74, 6) is -1.61. The predicted molar refractivity (Wildman–Crippen MR) is 133 cm³/mol. The third kappa shape index (κ3) is 5.73. The summed E-state index contributed by atoms with van der Waals surface area (Å²) < 4.78 is 5.63. The van der Waals surface area contributed by atoms with Crippen LogP contribution in [-0.4, -0.2) is 41.8 Å². The van der Waals surface area contributed by atoms with E-state index in [1.165, 1.54) is 0 Å². The Morgan fingerprint density at radius 1 is 1.03 bits per heavy atom. The van der Waals surface area contributed by atoms with Crippen molar-refractivity contribution in [3.05, 3.63) is 71.8 Å². The second-order valence-electron chi connectivity index (χ2n) is 9.63. The van der Waals surface area contributed by atoms with Crippen LogP contribution in [0.4, 0.5) is 4.79 Å². The van der Waals surface area contributed by atoms with Crippen molar-refractivity contribution >= 4 is 18.0 Å². The van der Waals surface area contributed by atoms with Gasteiger partial charge in [0, 0.05) is 24.4 Å². The molecule has 4 rings (SSSR count). The lowest BCUT2D eigenvalue weighted by Gasteiger charge is -2.26. The topological polar surface area (TPSA) is 105 Å². The van der Waals surface area contributed by atoms with Crippen LogP contribution in [0.25, 0.3) is 11.1 Å². The molecule has 0 spiro atoms. The third-order valence-corrected chi connectivity index (χ3v) is 6.88. The van der Waals surface area contributed by atoms with Gasteiger partial charge < -0.3 is 20.5 Å². The van der Waals surface area contributed by atoms with Crippen LogP contribution in [0, 0.1) is 11.8 Å². The molecule has 2 aliphatic carbocycles. The molecular formula is C28H32N2O5. The zero-order valence-corrected chi connectivity index (χ0v) is 20.1. The lowest BCUT2D eigenvalue weighted by atomic mass is 9.91. The number of carboxylic acid groups (broad SMARTS) is 1. The smallest absolute Gasteiger partial charge is 0.407 e. The van der Waals surface area contributed by atoms with Crippen LogP contribution in [0.2, 0.25) is 0 Å². The van der Waals surface area contributed by atoms with Gasteiger partial charge >= 0.3 is 12.1 Å². The van der Waals surface area contributed by atoms with Crippen LogP contribution in [0.15, 0.2) is 60.7 Å². The average molecular weight is 477 g/mol. The number of allylic oxidation sites excluding steroid dienone is 1. The zero-order valence-electron chi connectivity index (χ0n) is 20.1. The SMILES string of the molecule is CC(C)[C@H](CC(=O)N[C@H]1C=CC[C@H](C(=O)O)C1)NC(=O)OCC1c2ccccc2-c2ccccc21. The number of aliphatic carboxylic acids is 1. The minimum atomic E-state index is -0.856. The Kier molecular flexibility index (Phi) is 7.54. The van der Waals surface area contributed by atoms with Crippen LogP contribution in [-0.2, 0) is 14.3 Å². The summed E-state index contributed by atoms with van der Waals surface area (Å²) in [5, 5.41) is 15.0. The second kappa shape index (κ2) is 10.8. The quantitative estimate of drug-likeness (QED) is 0.488. The number of rotatable bonds is 8.